The van der Waals surface area contributed by atoms with Crippen molar-refractivity contribution in [3.63, 3.8) is 0 Å². The van der Waals surface area contributed by atoms with Gasteiger partial charge in [0, 0.05) is 41.6 Å². The highest BCUT2D eigenvalue weighted by atomic mass is 35.5. The molecule has 2 heterocycles. The van der Waals surface area contributed by atoms with E-state index in [1.807, 2.05) is 24.4 Å². The highest BCUT2D eigenvalue weighted by Crippen LogP contribution is 2.31. The van der Waals surface area contributed by atoms with Gasteiger partial charge in [-0.3, -0.25) is 0 Å². The first-order valence-corrected chi connectivity index (χ1v) is 7.52. The number of likely N-dealkylation sites (tertiary alicyclic amines) is 1. The lowest BCUT2D eigenvalue weighted by molar-refractivity contribution is 0.157. The van der Waals surface area contributed by atoms with Crippen molar-refractivity contribution in [3.8, 4) is 11.4 Å². The maximum Gasteiger partial charge on any atom is 0.140 e. The third kappa shape index (κ3) is 2.60. The SMILES string of the molecule is C[C@@H]1C[C@H](n2ccnc2-c2cccc(Cl)c2)CCN1C. The molecule has 1 aromatic heterocycles. The Balaban J connectivity index is 1.91. The zero-order valence-electron chi connectivity index (χ0n) is 12.0. The minimum absolute atomic E-state index is 0.526. The van der Waals surface area contributed by atoms with E-state index in [4.69, 9.17) is 11.6 Å². The van der Waals surface area contributed by atoms with Gasteiger partial charge in [-0.25, -0.2) is 4.98 Å². The van der Waals surface area contributed by atoms with E-state index in [1.54, 1.807) is 0 Å². The van der Waals surface area contributed by atoms with E-state index in [2.05, 4.69) is 40.7 Å². The quantitative estimate of drug-likeness (QED) is 0.837. The summed E-state index contributed by atoms with van der Waals surface area (Å²) >= 11 is 6.10. The van der Waals surface area contributed by atoms with Crippen LogP contribution in [0.5, 0.6) is 0 Å². The molecule has 0 amide bonds. The monoisotopic (exact) mass is 289 g/mol. The summed E-state index contributed by atoms with van der Waals surface area (Å²) in [7, 11) is 2.20. The van der Waals surface area contributed by atoms with Gasteiger partial charge in [-0.2, -0.15) is 0 Å². The summed E-state index contributed by atoms with van der Waals surface area (Å²) in [6.45, 7) is 3.43. The largest absolute Gasteiger partial charge is 0.328 e. The normalized spacial score (nSPS) is 23.9. The lowest BCUT2D eigenvalue weighted by Gasteiger charge is -2.36. The fraction of sp³-hybridized carbons (Fsp3) is 0.438. The summed E-state index contributed by atoms with van der Waals surface area (Å²) in [6.07, 6.45) is 6.32. The molecule has 1 fully saturated rings. The number of benzene rings is 1. The topological polar surface area (TPSA) is 21.1 Å². The third-order valence-electron chi connectivity index (χ3n) is 4.33. The molecule has 3 nitrogen and oxygen atoms in total. The Bertz CT molecular complexity index is 593. The standard InChI is InChI=1S/C16H20ClN3/c1-12-10-15(6-8-19(12)2)20-9-7-18-16(20)13-4-3-5-14(17)11-13/h3-5,7,9,11-12,15H,6,8,10H2,1-2H3/t12-,15-/m1/s1. The van der Waals surface area contributed by atoms with Crippen LogP contribution in [0.25, 0.3) is 11.4 Å². The van der Waals surface area contributed by atoms with Crippen LogP contribution in [0.1, 0.15) is 25.8 Å². The molecule has 2 aromatic rings. The summed E-state index contributed by atoms with van der Waals surface area (Å²) in [6, 6.07) is 9.08. The summed E-state index contributed by atoms with van der Waals surface area (Å²) in [5.74, 6) is 1.02. The van der Waals surface area contributed by atoms with Crippen molar-refractivity contribution in [1.29, 1.82) is 0 Å². The Morgan fingerprint density at radius 3 is 2.95 bits per heavy atom. The van der Waals surface area contributed by atoms with Crippen LogP contribution >= 0.6 is 11.6 Å². The second-order valence-corrected chi connectivity index (χ2v) is 6.11. The number of rotatable bonds is 2. The van der Waals surface area contributed by atoms with Crippen molar-refractivity contribution < 1.29 is 0 Å². The third-order valence-corrected chi connectivity index (χ3v) is 4.56. The van der Waals surface area contributed by atoms with E-state index in [1.165, 1.54) is 12.8 Å². The average molecular weight is 290 g/mol. The number of aromatic nitrogens is 2. The van der Waals surface area contributed by atoms with Crippen LogP contribution in [0.2, 0.25) is 5.02 Å². The maximum atomic E-state index is 6.10. The molecule has 0 aliphatic carbocycles. The van der Waals surface area contributed by atoms with E-state index in [0.29, 0.717) is 12.1 Å². The minimum atomic E-state index is 0.526. The van der Waals surface area contributed by atoms with Crippen LogP contribution in [0, 0.1) is 0 Å². The molecule has 3 rings (SSSR count). The van der Waals surface area contributed by atoms with Gasteiger partial charge < -0.3 is 9.47 Å². The van der Waals surface area contributed by atoms with E-state index in [9.17, 15) is 0 Å². The lowest BCUT2D eigenvalue weighted by atomic mass is 9.98. The molecule has 1 aliphatic heterocycles. The van der Waals surface area contributed by atoms with E-state index >= 15 is 0 Å². The van der Waals surface area contributed by atoms with Crippen molar-refractivity contribution in [3.05, 3.63) is 41.7 Å². The molecule has 1 saturated heterocycles. The molecular formula is C16H20ClN3. The smallest absolute Gasteiger partial charge is 0.140 e. The van der Waals surface area contributed by atoms with Gasteiger partial charge in [-0.05, 0) is 38.9 Å². The summed E-state index contributed by atoms with van der Waals surface area (Å²) in [5.41, 5.74) is 1.09. The molecular weight excluding hydrogens is 270 g/mol. The zero-order chi connectivity index (χ0) is 14.1. The van der Waals surface area contributed by atoms with Gasteiger partial charge >= 0.3 is 0 Å². The molecule has 1 aliphatic rings. The fourth-order valence-electron chi connectivity index (χ4n) is 2.98. The van der Waals surface area contributed by atoms with Crippen molar-refractivity contribution >= 4 is 11.6 Å². The molecule has 0 N–H and O–H groups in total. The van der Waals surface area contributed by atoms with Crippen LogP contribution in [0.4, 0.5) is 0 Å². The lowest BCUT2D eigenvalue weighted by Crippen LogP contribution is -2.38. The average Bonchev–Trinajstić information content (AvgIpc) is 2.91. The van der Waals surface area contributed by atoms with Crippen LogP contribution < -0.4 is 0 Å². The summed E-state index contributed by atoms with van der Waals surface area (Å²) < 4.78 is 2.31. The van der Waals surface area contributed by atoms with E-state index in [-0.39, 0.29) is 0 Å². The van der Waals surface area contributed by atoms with Crippen LogP contribution in [0.3, 0.4) is 0 Å². The molecule has 106 valence electrons. The Morgan fingerprint density at radius 1 is 1.35 bits per heavy atom. The molecule has 0 spiro atoms. The molecule has 4 heteroatoms. The van der Waals surface area contributed by atoms with Crippen molar-refractivity contribution in [1.82, 2.24) is 14.5 Å². The predicted molar refractivity (Wildman–Crippen MR) is 83.0 cm³/mol. The number of hydrogen-bond acceptors (Lipinski definition) is 2. The number of nitrogens with zero attached hydrogens (tertiary/aromatic N) is 3. The molecule has 20 heavy (non-hydrogen) atoms. The summed E-state index contributed by atoms with van der Waals surface area (Å²) in [5, 5.41) is 0.758. The van der Waals surface area contributed by atoms with Crippen LogP contribution in [0.15, 0.2) is 36.7 Å². The van der Waals surface area contributed by atoms with Crippen LogP contribution in [-0.2, 0) is 0 Å². The minimum Gasteiger partial charge on any atom is -0.328 e. The predicted octanol–water partition coefficient (Wildman–Crippen LogP) is 3.86. The number of piperidine rings is 1. The Morgan fingerprint density at radius 2 is 2.20 bits per heavy atom. The fourth-order valence-corrected chi connectivity index (χ4v) is 3.17. The van der Waals surface area contributed by atoms with Gasteiger partial charge in [0.2, 0.25) is 0 Å². The zero-order valence-corrected chi connectivity index (χ0v) is 12.7. The molecule has 1 aromatic carbocycles. The van der Waals surface area contributed by atoms with E-state index in [0.717, 1.165) is 23.0 Å². The summed E-state index contributed by atoms with van der Waals surface area (Å²) in [4.78, 5) is 6.96. The Hall–Kier alpha value is -1.32. The first-order chi connectivity index (χ1) is 9.65. The Kier molecular flexibility index (Phi) is 3.81. The van der Waals surface area contributed by atoms with Gasteiger partial charge in [0.05, 0.1) is 0 Å². The van der Waals surface area contributed by atoms with Crippen molar-refractivity contribution in [2.45, 2.75) is 31.8 Å². The molecule has 0 bridgehead atoms. The highest BCUT2D eigenvalue weighted by molar-refractivity contribution is 6.30. The Labute approximate surface area is 125 Å². The van der Waals surface area contributed by atoms with E-state index < -0.39 is 0 Å². The highest BCUT2D eigenvalue weighted by Gasteiger charge is 2.25. The van der Waals surface area contributed by atoms with Gasteiger partial charge in [0.25, 0.3) is 0 Å². The first-order valence-electron chi connectivity index (χ1n) is 7.14. The molecule has 0 saturated carbocycles. The second-order valence-electron chi connectivity index (χ2n) is 5.68. The maximum absolute atomic E-state index is 6.10. The number of hydrogen-bond donors (Lipinski definition) is 0. The first kappa shape index (κ1) is 13.7. The van der Waals surface area contributed by atoms with Crippen molar-refractivity contribution in [2.24, 2.45) is 0 Å². The van der Waals surface area contributed by atoms with Crippen LogP contribution in [-0.4, -0.2) is 34.1 Å². The number of imidazole rings is 1. The molecule has 0 radical (unpaired) electrons. The van der Waals surface area contributed by atoms with Gasteiger partial charge in [-0.1, -0.05) is 23.7 Å². The molecule has 0 unspecified atom stereocenters. The van der Waals surface area contributed by atoms with Gasteiger partial charge in [-0.15, -0.1) is 0 Å². The van der Waals surface area contributed by atoms with Gasteiger partial charge in [0.1, 0.15) is 5.82 Å². The molecule has 2 atom stereocenters. The number of halogens is 1. The van der Waals surface area contributed by atoms with Crippen molar-refractivity contribution in [2.75, 3.05) is 13.6 Å². The second kappa shape index (κ2) is 5.58. The van der Waals surface area contributed by atoms with Gasteiger partial charge in [0.15, 0.2) is 0 Å².